The van der Waals surface area contributed by atoms with Gasteiger partial charge in [-0.15, -0.1) is 23.7 Å². The van der Waals surface area contributed by atoms with Crippen LogP contribution in [-0.2, 0) is 14.8 Å². The van der Waals surface area contributed by atoms with Crippen molar-refractivity contribution in [3.05, 3.63) is 14.7 Å². The summed E-state index contributed by atoms with van der Waals surface area (Å²) in [5, 5.41) is 3.07. The fraction of sp³-hybridized carbons (Fsp3) is 0.600. The van der Waals surface area contributed by atoms with E-state index in [0.29, 0.717) is 31.1 Å². The summed E-state index contributed by atoms with van der Waals surface area (Å²) in [6.07, 6.45) is 0. The molecule has 0 aromatic carbocycles. The lowest BCUT2D eigenvalue weighted by molar-refractivity contribution is 0.199. The molecule has 0 amide bonds. The fourth-order valence-corrected chi connectivity index (χ4v) is 4.79. The number of sulfonamides is 1. The highest BCUT2D eigenvalue weighted by Gasteiger charge is 2.18. The maximum absolute atomic E-state index is 12.0. The molecule has 0 aliphatic rings. The summed E-state index contributed by atoms with van der Waals surface area (Å²) >= 11 is 4.70. The first-order valence-electron chi connectivity index (χ1n) is 5.42. The SMILES string of the molecule is COCCNCCNS(=O)(=O)c1cc(Br)sc1C.Cl. The van der Waals surface area contributed by atoms with E-state index in [1.165, 1.54) is 11.3 Å². The Labute approximate surface area is 132 Å². The van der Waals surface area contributed by atoms with Crippen molar-refractivity contribution in [2.45, 2.75) is 11.8 Å². The van der Waals surface area contributed by atoms with Gasteiger partial charge < -0.3 is 10.1 Å². The summed E-state index contributed by atoms with van der Waals surface area (Å²) in [4.78, 5) is 1.12. The molecule has 0 saturated heterocycles. The number of ether oxygens (including phenoxy) is 1. The topological polar surface area (TPSA) is 67.4 Å². The minimum atomic E-state index is -3.40. The van der Waals surface area contributed by atoms with E-state index in [2.05, 4.69) is 26.0 Å². The minimum absolute atomic E-state index is 0. The van der Waals surface area contributed by atoms with Gasteiger partial charge in [0.15, 0.2) is 0 Å². The molecule has 1 aromatic rings. The van der Waals surface area contributed by atoms with Gasteiger partial charge in [0.2, 0.25) is 10.0 Å². The molecule has 112 valence electrons. The van der Waals surface area contributed by atoms with Crippen molar-refractivity contribution in [1.82, 2.24) is 10.0 Å². The summed E-state index contributed by atoms with van der Waals surface area (Å²) in [5.74, 6) is 0. The number of thiophene rings is 1. The smallest absolute Gasteiger partial charge is 0.241 e. The highest BCUT2D eigenvalue weighted by Crippen LogP contribution is 2.29. The molecule has 0 aliphatic carbocycles. The van der Waals surface area contributed by atoms with E-state index in [4.69, 9.17) is 4.74 Å². The minimum Gasteiger partial charge on any atom is -0.383 e. The lowest BCUT2D eigenvalue weighted by Gasteiger charge is -2.07. The van der Waals surface area contributed by atoms with Crippen LogP contribution in [0.2, 0.25) is 0 Å². The van der Waals surface area contributed by atoms with Crippen LogP contribution in [-0.4, -0.2) is 41.8 Å². The molecule has 0 saturated carbocycles. The molecule has 0 fully saturated rings. The molecular formula is C10H18BrClN2O3S2. The van der Waals surface area contributed by atoms with Crippen molar-refractivity contribution in [3.8, 4) is 0 Å². The number of rotatable bonds is 8. The van der Waals surface area contributed by atoms with Crippen molar-refractivity contribution in [2.75, 3.05) is 33.4 Å². The van der Waals surface area contributed by atoms with Gasteiger partial charge >= 0.3 is 0 Å². The van der Waals surface area contributed by atoms with E-state index >= 15 is 0 Å². The fourth-order valence-electron chi connectivity index (χ4n) is 1.35. The Balaban J connectivity index is 0.00000324. The zero-order chi connectivity index (χ0) is 13.6. The monoisotopic (exact) mass is 392 g/mol. The van der Waals surface area contributed by atoms with Crippen LogP contribution in [0, 0.1) is 6.92 Å². The molecule has 0 aliphatic heterocycles. The number of methoxy groups -OCH3 is 1. The number of hydrogen-bond donors (Lipinski definition) is 2. The van der Waals surface area contributed by atoms with Crippen LogP contribution < -0.4 is 10.0 Å². The molecule has 0 unspecified atom stereocenters. The molecule has 0 spiro atoms. The van der Waals surface area contributed by atoms with Gasteiger partial charge in [0.05, 0.1) is 15.3 Å². The van der Waals surface area contributed by atoms with Crippen LogP contribution in [0.15, 0.2) is 14.7 Å². The van der Waals surface area contributed by atoms with Gasteiger partial charge in [-0.3, -0.25) is 0 Å². The van der Waals surface area contributed by atoms with Crippen molar-refractivity contribution in [1.29, 1.82) is 0 Å². The molecular weight excluding hydrogens is 376 g/mol. The molecule has 2 N–H and O–H groups in total. The zero-order valence-corrected chi connectivity index (χ0v) is 14.8. The Kier molecular flexibility index (Phi) is 9.42. The Morgan fingerprint density at radius 3 is 2.58 bits per heavy atom. The van der Waals surface area contributed by atoms with E-state index in [0.717, 1.165) is 8.66 Å². The van der Waals surface area contributed by atoms with E-state index in [1.807, 2.05) is 0 Å². The number of nitrogens with one attached hydrogen (secondary N) is 2. The van der Waals surface area contributed by atoms with Gasteiger partial charge in [-0.05, 0) is 28.9 Å². The Hall–Kier alpha value is 0.300. The summed E-state index contributed by atoms with van der Waals surface area (Å²) in [7, 11) is -1.78. The van der Waals surface area contributed by atoms with E-state index in [1.54, 1.807) is 20.1 Å². The van der Waals surface area contributed by atoms with Crippen LogP contribution >= 0.6 is 39.7 Å². The van der Waals surface area contributed by atoms with Crippen molar-refractivity contribution >= 4 is 49.7 Å². The first-order chi connectivity index (χ1) is 8.47. The average Bonchev–Trinajstić information content (AvgIpc) is 2.63. The zero-order valence-electron chi connectivity index (χ0n) is 10.7. The molecule has 1 rings (SSSR count). The second-order valence-electron chi connectivity index (χ2n) is 3.61. The molecule has 0 radical (unpaired) electrons. The number of hydrogen-bond acceptors (Lipinski definition) is 5. The predicted molar refractivity (Wildman–Crippen MR) is 83.9 cm³/mol. The highest BCUT2D eigenvalue weighted by atomic mass is 79.9. The van der Waals surface area contributed by atoms with E-state index < -0.39 is 10.0 Å². The Bertz CT molecular complexity index is 479. The van der Waals surface area contributed by atoms with Crippen LogP contribution in [0.3, 0.4) is 0 Å². The van der Waals surface area contributed by atoms with Crippen molar-refractivity contribution < 1.29 is 13.2 Å². The molecule has 0 atom stereocenters. The van der Waals surface area contributed by atoms with Gasteiger partial charge in [-0.25, -0.2) is 13.1 Å². The third-order valence-electron chi connectivity index (χ3n) is 2.21. The number of halogens is 2. The van der Waals surface area contributed by atoms with Gasteiger partial charge in [-0.2, -0.15) is 0 Å². The standard InChI is InChI=1S/C10H17BrN2O3S2.ClH/c1-8-9(7-10(11)17-8)18(14,15)13-4-3-12-5-6-16-2;/h7,12-13H,3-6H2,1-2H3;1H. The molecule has 1 heterocycles. The Morgan fingerprint density at radius 2 is 2.05 bits per heavy atom. The second-order valence-corrected chi connectivity index (χ2v) is 7.98. The van der Waals surface area contributed by atoms with Gasteiger partial charge in [0, 0.05) is 31.6 Å². The van der Waals surface area contributed by atoms with Gasteiger partial charge in [0.1, 0.15) is 0 Å². The third-order valence-corrected chi connectivity index (χ3v) is 5.48. The molecule has 9 heteroatoms. The van der Waals surface area contributed by atoms with Crippen LogP contribution in [0.5, 0.6) is 0 Å². The van der Waals surface area contributed by atoms with Crippen LogP contribution in [0.25, 0.3) is 0 Å². The summed E-state index contributed by atoms with van der Waals surface area (Å²) < 4.78 is 32.2. The maximum Gasteiger partial charge on any atom is 0.241 e. The van der Waals surface area contributed by atoms with E-state index in [9.17, 15) is 8.42 Å². The van der Waals surface area contributed by atoms with Crippen LogP contribution in [0.4, 0.5) is 0 Å². The summed E-state index contributed by atoms with van der Waals surface area (Å²) in [5.41, 5.74) is 0. The summed E-state index contributed by atoms with van der Waals surface area (Å²) in [6.45, 7) is 4.05. The molecule has 19 heavy (non-hydrogen) atoms. The first-order valence-corrected chi connectivity index (χ1v) is 8.52. The third kappa shape index (κ3) is 6.52. The van der Waals surface area contributed by atoms with Gasteiger partial charge in [-0.1, -0.05) is 0 Å². The van der Waals surface area contributed by atoms with Crippen molar-refractivity contribution in [3.63, 3.8) is 0 Å². The largest absolute Gasteiger partial charge is 0.383 e. The van der Waals surface area contributed by atoms with E-state index in [-0.39, 0.29) is 12.4 Å². The normalized spacial score (nSPS) is 11.3. The maximum atomic E-state index is 12.0. The lowest BCUT2D eigenvalue weighted by Crippen LogP contribution is -2.33. The first kappa shape index (κ1) is 19.3. The molecule has 5 nitrogen and oxygen atoms in total. The Morgan fingerprint density at radius 1 is 1.37 bits per heavy atom. The lowest BCUT2D eigenvalue weighted by atomic mass is 10.5. The number of aryl methyl sites for hydroxylation is 1. The summed E-state index contributed by atoms with van der Waals surface area (Å²) in [6, 6.07) is 1.63. The van der Waals surface area contributed by atoms with Crippen LogP contribution in [0.1, 0.15) is 4.88 Å². The predicted octanol–water partition coefficient (Wildman–Crippen LogP) is 1.76. The average molecular weight is 394 g/mol. The quantitative estimate of drug-likeness (QED) is 0.660. The highest BCUT2D eigenvalue weighted by molar-refractivity contribution is 9.11. The molecule has 1 aromatic heterocycles. The molecule has 0 bridgehead atoms. The van der Waals surface area contributed by atoms with Crippen molar-refractivity contribution in [2.24, 2.45) is 0 Å². The second kappa shape index (κ2) is 9.28. The van der Waals surface area contributed by atoms with Gasteiger partial charge in [0.25, 0.3) is 0 Å².